The zero-order chi connectivity index (χ0) is 12.4. The van der Waals surface area contributed by atoms with Crippen molar-refractivity contribution in [3.05, 3.63) is 0 Å². The van der Waals surface area contributed by atoms with Crippen molar-refractivity contribution < 1.29 is 13.2 Å². The number of hydrogen-bond donors (Lipinski definition) is 1. The lowest BCUT2D eigenvalue weighted by Gasteiger charge is -2.46. The highest BCUT2D eigenvalue weighted by atomic mass is 19.4. The summed E-state index contributed by atoms with van der Waals surface area (Å²) < 4.78 is 37.1. The number of nitrogens with two attached hydrogens (primary N) is 1. The third-order valence-corrected chi connectivity index (χ3v) is 3.52. The Hall–Kier alpha value is -0.330. The molecule has 0 saturated carbocycles. The molecule has 1 aliphatic rings. The summed E-state index contributed by atoms with van der Waals surface area (Å²) in [4.78, 5) is 3.50. The minimum absolute atomic E-state index is 0.285. The Morgan fingerprint density at radius 3 is 2.19 bits per heavy atom. The number of nitrogens with zero attached hydrogens (tertiary/aromatic N) is 2. The molecule has 6 heteroatoms. The molecule has 16 heavy (non-hydrogen) atoms. The van der Waals surface area contributed by atoms with Crippen LogP contribution in [0.4, 0.5) is 13.2 Å². The molecule has 0 aromatic carbocycles. The Balaban J connectivity index is 2.65. The molecule has 2 N–H and O–H groups in total. The molecule has 96 valence electrons. The average molecular weight is 239 g/mol. The fraction of sp³-hybridized carbons (Fsp3) is 1.00. The summed E-state index contributed by atoms with van der Waals surface area (Å²) >= 11 is 0. The van der Waals surface area contributed by atoms with Crippen LogP contribution in [0.1, 0.15) is 12.8 Å². The molecule has 0 aromatic heterocycles. The van der Waals surface area contributed by atoms with Crippen LogP contribution >= 0.6 is 0 Å². The van der Waals surface area contributed by atoms with Crippen LogP contribution in [0.3, 0.4) is 0 Å². The van der Waals surface area contributed by atoms with Crippen molar-refractivity contribution in [1.29, 1.82) is 0 Å². The summed E-state index contributed by atoms with van der Waals surface area (Å²) in [7, 11) is 3.50. The molecule has 0 unspecified atom stereocenters. The van der Waals surface area contributed by atoms with Crippen molar-refractivity contribution in [2.45, 2.75) is 24.6 Å². The lowest BCUT2D eigenvalue weighted by Crippen LogP contribution is -2.59. The van der Waals surface area contributed by atoms with Gasteiger partial charge in [0.15, 0.2) is 0 Å². The number of hydrogen-bond acceptors (Lipinski definition) is 3. The molecule has 1 aliphatic heterocycles. The van der Waals surface area contributed by atoms with Crippen molar-refractivity contribution in [2.24, 2.45) is 5.73 Å². The normalized spacial score (nSPS) is 22.7. The highest BCUT2D eigenvalue weighted by Crippen LogP contribution is 2.29. The van der Waals surface area contributed by atoms with Crippen molar-refractivity contribution in [1.82, 2.24) is 9.80 Å². The van der Waals surface area contributed by atoms with E-state index in [0.29, 0.717) is 12.8 Å². The van der Waals surface area contributed by atoms with E-state index in [2.05, 4.69) is 4.90 Å². The van der Waals surface area contributed by atoms with E-state index in [9.17, 15) is 13.2 Å². The highest BCUT2D eigenvalue weighted by Gasteiger charge is 2.41. The van der Waals surface area contributed by atoms with Gasteiger partial charge in [-0.1, -0.05) is 0 Å². The fourth-order valence-electron chi connectivity index (χ4n) is 2.21. The molecule has 1 heterocycles. The molecular formula is C10H20F3N3. The van der Waals surface area contributed by atoms with E-state index in [4.69, 9.17) is 5.73 Å². The Kier molecular flexibility index (Phi) is 4.20. The molecule has 1 rings (SSSR count). The first-order chi connectivity index (χ1) is 7.29. The van der Waals surface area contributed by atoms with Crippen LogP contribution in [0, 0.1) is 0 Å². The van der Waals surface area contributed by atoms with Gasteiger partial charge in [0.2, 0.25) is 0 Å². The molecule has 1 saturated heterocycles. The van der Waals surface area contributed by atoms with Crippen LogP contribution in [0.15, 0.2) is 0 Å². The van der Waals surface area contributed by atoms with Crippen molar-refractivity contribution in [3.63, 3.8) is 0 Å². The van der Waals surface area contributed by atoms with Gasteiger partial charge < -0.3 is 10.6 Å². The van der Waals surface area contributed by atoms with Crippen LogP contribution in [-0.4, -0.2) is 61.8 Å². The van der Waals surface area contributed by atoms with E-state index < -0.39 is 18.3 Å². The van der Waals surface area contributed by atoms with Gasteiger partial charge in [-0.2, -0.15) is 13.2 Å². The number of likely N-dealkylation sites (tertiary alicyclic amines) is 1. The largest absolute Gasteiger partial charge is 0.401 e. The second-order valence-corrected chi connectivity index (χ2v) is 4.70. The fourth-order valence-corrected chi connectivity index (χ4v) is 2.21. The number of piperidine rings is 1. The molecule has 1 fully saturated rings. The molecule has 0 aliphatic carbocycles. The molecule has 3 nitrogen and oxygen atoms in total. The molecule has 0 bridgehead atoms. The van der Waals surface area contributed by atoms with E-state index in [-0.39, 0.29) is 6.54 Å². The lowest BCUT2D eigenvalue weighted by atomic mass is 9.86. The smallest absolute Gasteiger partial charge is 0.329 e. The zero-order valence-electron chi connectivity index (χ0n) is 9.85. The quantitative estimate of drug-likeness (QED) is 0.794. The van der Waals surface area contributed by atoms with Crippen LogP contribution in [-0.2, 0) is 0 Å². The van der Waals surface area contributed by atoms with Gasteiger partial charge in [0.1, 0.15) is 0 Å². The maximum absolute atomic E-state index is 12.4. The van der Waals surface area contributed by atoms with Crippen LogP contribution in [0.25, 0.3) is 0 Å². The van der Waals surface area contributed by atoms with Crippen molar-refractivity contribution in [3.8, 4) is 0 Å². The molecule has 0 radical (unpaired) electrons. The predicted molar refractivity (Wildman–Crippen MR) is 57.2 cm³/mol. The first kappa shape index (κ1) is 13.7. The second-order valence-electron chi connectivity index (χ2n) is 4.70. The van der Waals surface area contributed by atoms with Gasteiger partial charge >= 0.3 is 6.18 Å². The van der Waals surface area contributed by atoms with Gasteiger partial charge in [-0.25, -0.2) is 0 Å². The topological polar surface area (TPSA) is 32.5 Å². The second kappa shape index (κ2) is 4.89. The van der Waals surface area contributed by atoms with Gasteiger partial charge in [0.05, 0.1) is 6.54 Å². The standard InChI is InChI=1S/C10H20F3N3/c1-15-5-3-9(7-14,4-6-15)16(2)8-10(11,12)13/h3-8,14H2,1-2H3. The highest BCUT2D eigenvalue weighted by molar-refractivity contribution is 4.95. The number of halogens is 3. The minimum atomic E-state index is -4.15. The van der Waals surface area contributed by atoms with E-state index >= 15 is 0 Å². The molecule has 0 aromatic rings. The monoisotopic (exact) mass is 239 g/mol. The van der Waals surface area contributed by atoms with Gasteiger partial charge in [-0.15, -0.1) is 0 Å². The average Bonchev–Trinajstić information content (AvgIpc) is 2.17. The van der Waals surface area contributed by atoms with E-state index in [0.717, 1.165) is 13.1 Å². The first-order valence-electron chi connectivity index (χ1n) is 5.46. The summed E-state index contributed by atoms with van der Waals surface area (Å²) in [5.74, 6) is 0. The SMILES string of the molecule is CN1CCC(CN)(N(C)CC(F)(F)F)CC1. The molecular weight excluding hydrogens is 219 g/mol. The summed E-state index contributed by atoms with van der Waals surface area (Å²) in [6.07, 6.45) is -2.75. The Labute approximate surface area is 94.4 Å². The van der Waals surface area contributed by atoms with Gasteiger partial charge in [-0.05, 0) is 40.0 Å². The number of rotatable bonds is 3. The van der Waals surface area contributed by atoms with E-state index in [1.807, 2.05) is 7.05 Å². The third-order valence-electron chi connectivity index (χ3n) is 3.52. The predicted octanol–water partition coefficient (Wildman–Crippen LogP) is 0.904. The Bertz CT molecular complexity index is 222. The molecule has 0 spiro atoms. The Morgan fingerprint density at radius 1 is 1.31 bits per heavy atom. The third kappa shape index (κ3) is 3.33. The van der Waals surface area contributed by atoms with Crippen LogP contribution in [0.5, 0.6) is 0 Å². The van der Waals surface area contributed by atoms with Crippen molar-refractivity contribution >= 4 is 0 Å². The summed E-state index contributed by atoms with van der Waals surface area (Å²) in [6.45, 7) is 1.01. The van der Waals surface area contributed by atoms with E-state index in [1.165, 1.54) is 11.9 Å². The number of alkyl halides is 3. The van der Waals surface area contributed by atoms with Crippen molar-refractivity contribution in [2.75, 3.05) is 40.3 Å². The summed E-state index contributed by atoms with van der Waals surface area (Å²) in [5, 5.41) is 0. The maximum atomic E-state index is 12.4. The van der Waals surface area contributed by atoms with Crippen LogP contribution < -0.4 is 5.73 Å². The maximum Gasteiger partial charge on any atom is 0.401 e. The summed E-state index contributed by atoms with van der Waals surface area (Å²) in [5.41, 5.74) is 5.19. The van der Waals surface area contributed by atoms with Gasteiger partial charge in [0, 0.05) is 12.1 Å². The van der Waals surface area contributed by atoms with Crippen LogP contribution in [0.2, 0.25) is 0 Å². The van der Waals surface area contributed by atoms with E-state index in [1.54, 1.807) is 0 Å². The Morgan fingerprint density at radius 2 is 1.81 bits per heavy atom. The molecule has 0 amide bonds. The van der Waals surface area contributed by atoms with Gasteiger partial charge in [-0.3, -0.25) is 4.90 Å². The zero-order valence-corrected chi connectivity index (χ0v) is 9.85. The number of likely N-dealkylation sites (N-methyl/N-ethyl adjacent to an activating group) is 1. The van der Waals surface area contributed by atoms with Gasteiger partial charge in [0.25, 0.3) is 0 Å². The lowest BCUT2D eigenvalue weighted by molar-refractivity contribution is -0.158. The summed E-state index contributed by atoms with van der Waals surface area (Å²) in [6, 6.07) is 0. The molecule has 0 atom stereocenters. The minimum Gasteiger partial charge on any atom is -0.329 e. The first-order valence-corrected chi connectivity index (χ1v) is 5.46.